The molecule has 2 N–H and O–H groups in total. The third-order valence-corrected chi connectivity index (χ3v) is 6.80. The van der Waals surface area contributed by atoms with Crippen LogP contribution in [0.25, 0.3) is 0 Å². The summed E-state index contributed by atoms with van der Waals surface area (Å²) in [5.74, 6) is 0.769. The van der Waals surface area contributed by atoms with E-state index in [2.05, 4.69) is 15.9 Å². The summed E-state index contributed by atoms with van der Waals surface area (Å²) in [5, 5.41) is 0. The molecule has 3 atom stereocenters. The Bertz CT molecular complexity index is 618. The highest BCUT2D eigenvalue weighted by molar-refractivity contribution is 9.10. The first-order valence-electron chi connectivity index (χ1n) is 6.91. The highest BCUT2D eigenvalue weighted by atomic mass is 79.9. The summed E-state index contributed by atoms with van der Waals surface area (Å²) in [6.07, 6.45) is 2.08. The van der Waals surface area contributed by atoms with Crippen LogP contribution in [0.4, 0.5) is 0 Å². The Labute approximate surface area is 140 Å². The van der Waals surface area contributed by atoms with Gasteiger partial charge in [-0.15, -0.1) is 12.4 Å². The molecule has 0 aromatic heterocycles. The van der Waals surface area contributed by atoms with Crippen molar-refractivity contribution in [3.8, 4) is 0 Å². The molecule has 1 heterocycles. The fourth-order valence-electron chi connectivity index (χ4n) is 3.46. The summed E-state index contributed by atoms with van der Waals surface area (Å²) < 4.78 is 27.9. The zero-order valence-corrected chi connectivity index (χ0v) is 15.0. The van der Waals surface area contributed by atoms with Gasteiger partial charge in [-0.05, 0) is 55.4 Å². The second kappa shape index (κ2) is 6.16. The molecule has 7 heteroatoms. The van der Waals surface area contributed by atoms with Gasteiger partial charge in [0.2, 0.25) is 10.0 Å². The number of sulfonamides is 1. The summed E-state index contributed by atoms with van der Waals surface area (Å²) >= 11 is 3.37. The molecular weight excluding hydrogens is 376 g/mol. The maximum absolute atomic E-state index is 12.7. The van der Waals surface area contributed by atoms with Crippen molar-refractivity contribution < 1.29 is 8.42 Å². The van der Waals surface area contributed by atoms with E-state index >= 15 is 0 Å². The van der Waals surface area contributed by atoms with Gasteiger partial charge in [-0.3, -0.25) is 0 Å². The van der Waals surface area contributed by atoms with Gasteiger partial charge in [0, 0.05) is 23.6 Å². The molecule has 2 fully saturated rings. The molecule has 2 aliphatic rings. The van der Waals surface area contributed by atoms with E-state index in [1.807, 2.05) is 13.0 Å². The molecule has 4 nitrogen and oxygen atoms in total. The predicted molar refractivity (Wildman–Crippen MR) is 89.1 cm³/mol. The normalized spacial score (nSPS) is 29.2. The molecule has 21 heavy (non-hydrogen) atoms. The fourth-order valence-corrected chi connectivity index (χ4v) is 5.89. The van der Waals surface area contributed by atoms with Crippen LogP contribution in [-0.4, -0.2) is 31.9 Å². The third kappa shape index (κ3) is 3.15. The van der Waals surface area contributed by atoms with Crippen molar-refractivity contribution >= 4 is 38.4 Å². The molecule has 1 saturated heterocycles. The van der Waals surface area contributed by atoms with Crippen molar-refractivity contribution in [2.45, 2.75) is 30.7 Å². The van der Waals surface area contributed by atoms with Gasteiger partial charge in [0.05, 0.1) is 4.90 Å². The number of hydrogen-bond acceptors (Lipinski definition) is 3. The second-order valence-electron chi connectivity index (χ2n) is 5.95. The van der Waals surface area contributed by atoms with Gasteiger partial charge in [0.15, 0.2) is 0 Å². The topological polar surface area (TPSA) is 63.4 Å². The standard InChI is InChI=1S/C14H19BrN2O2S.ClH/c1-9-4-11(15)6-12(5-9)20(18,19)17-7-10-2-3-14(16)13(10)8-17;/h4-6,10,13-14H,2-3,7-8,16H2,1H3;1H. The van der Waals surface area contributed by atoms with Crippen molar-refractivity contribution in [3.63, 3.8) is 0 Å². The smallest absolute Gasteiger partial charge is 0.243 e. The van der Waals surface area contributed by atoms with Crippen LogP contribution in [0.2, 0.25) is 0 Å². The summed E-state index contributed by atoms with van der Waals surface area (Å²) in [6.45, 7) is 3.09. The van der Waals surface area contributed by atoms with Gasteiger partial charge in [-0.1, -0.05) is 15.9 Å². The summed E-state index contributed by atoms with van der Waals surface area (Å²) in [5.41, 5.74) is 7.02. The molecule has 1 aliphatic heterocycles. The van der Waals surface area contributed by atoms with Crippen molar-refractivity contribution in [3.05, 3.63) is 28.2 Å². The highest BCUT2D eigenvalue weighted by Gasteiger charge is 2.45. The number of nitrogens with two attached hydrogens (primary N) is 1. The van der Waals surface area contributed by atoms with Gasteiger partial charge >= 0.3 is 0 Å². The predicted octanol–water partition coefficient (Wildman–Crippen LogP) is 2.54. The molecule has 0 radical (unpaired) electrons. The van der Waals surface area contributed by atoms with E-state index < -0.39 is 10.0 Å². The van der Waals surface area contributed by atoms with E-state index in [-0.39, 0.29) is 18.4 Å². The molecule has 3 unspecified atom stereocenters. The van der Waals surface area contributed by atoms with Gasteiger partial charge in [0.25, 0.3) is 0 Å². The summed E-state index contributed by atoms with van der Waals surface area (Å²) in [6, 6.07) is 5.47. The molecule has 0 amide bonds. The molecule has 1 aromatic carbocycles. The Hall–Kier alpha value is -0.140. The van der Waals surface area contributed by atoms with E-state index in [0.29, 0.717) is 29.8 Å². The Morgan fingerprint density at radius 3 is 2.57 bits per heavy atom. The van der Waals surface area contributed by atoms with E-state index in [0.717, 1.165) is 22.9 Å². The lowest BCUT2D eigenvalue weighted by Crippen LogP contribution is -2.33. The van der Waals surface area contributed by atoms with E-state index in [1.54, 1.807) is 16.4 Å². The van der Waals surface area contributed by atoms with Gasteiger partial charge in [0.1, 0.15) is 0 Å². The first kappa shape index (κ1) is 17.2. The minimum Gasteiger partial charge on any atom is -0.327 e. The quantitative estimate of drug-likeness (QED) is 0.837. The molecule has 1 saturated carbocycles. The Balaban J connectivity index is 0.00000161. The van der Waals surface area contributed by atoms with Gasteiger partial charge in [-0.2, -0.15) is 4.31 Å². The lowest BCUT2D eigenvalue weighted by atomic mass is 9.98. The minimum atomic E-state index is -3.40. The molecule has 0 spiro atoms. The zero-order valence-electron chi connectivity index (χ0n) is 11.8. The maximum Gasteiger partial charge on any atom is 0.243 e. The Morgan fingerprint density at radius 1 is 1.24 bits per heavy atom. The third-order valence-electron chi connectivity index (χ3n) is 4.53. The SMILES string of the molecule is Cc1cc(Br)cc(S(=O)(=O)N2CC3CCC(N)C3C2)c1.Cl. The van der Waals surface area contributed by atoms with Crippen molar-refractivity contribution in [1.82, 2.24) is 4.31 Å². The van der Waals surface area contributed by atoms with Crippen LogP contribution >= 0.6 is 28.3 Å². The van der Waals surface area contributed by atoms with Crippen LogP contribution in [0.15, 0.2) is 27.6 Å². The number of halogens is 2. The number of fused-ring (bicyclic) bond motifs is 1. The van der Waals surface area contributed by atoms with Crippen LogP contribution in [0.1, 0.15) is 18.4 Å². The summed E-state index contributed by atoms with van der Waals surface area (Å²) in [7, 11) is -3.40. The van der Waals surface area contributed by atoms with Crippen LogP contribution in [0.3, 0.4) is 0 Å². The molecule has 118 valence electrons. The molecular formula is C14H20BrClN2O2S. The number of nitrogens with zero attached hydrogens (tertiary/aromatic N) is 1. The maximum atomic E-state index is 12.7. The first-order chi connectivity index (χ1) is 9.38. The summed E-state index contributed by atoms with van der Waals surface area (Å²) in [4.78, 5) is 0.373. The first-order valence-corrected chi connectivity index (χ1v) is 9.14. The monoisotopic (exact) mass is 394 g/mol. The number of benzene rings is 1. The van der Waals surface area contributed by atoms with E-state index in [4.69, 9.17) is 5.73 Å². The van der Waals surface area contributed by atoms with Crippen molar-refractivity contribution in [2.24, 2.45) is 17.6 Å². The Morgan fingerprint density at radius 2 is 1.95 bits per heavy atom. The van der Waals surface area contributed by atoms with Crippen LogP contribution in [0.5, 0.6) is 0 Å². The average Bonchev–Trinajstić information content (AvgIpc) is 2.91. The molecule has 1 aromatic rings. The largest absolute Gasteiger partial charge is 0.327 e. The number of aryl methyl sites for hydroxylation is 1. The minimum absolute atomic E-state index is 0. The average molecular weight is 396 g/mol. The molecule has 1 aliphatic carbocycles. The lowest BCUT2D eigenvalue weighted by Gasteiger charge is -2.19. The highest BCUT2D eigenvalue weighted by Crippen LogP contribution is 2.39. The molecule has 0 bridgehead atoms. The van der Waals surface area contributed by atoms with Crippen molar-refractivity contribution in [1.29, 1.82) is 0 Å². The molecule has 3 rings (SSSR count). The van der Waals surface area contributed by atoms with Gasteiger partial charge < -0.3 is 5.73 Å². The van der Waals surface area contributed by atoms with E-state index in [1.165, 1.54) is 0 Å². The van der Waals surface area contributed by atoms with Gasteiger partial charge in [-0.25, -0.2) is 8.42 Å². The van der Waals surface area contributed by atoms with Crippen LogP contribution in [-0.2, 0) is 10.0 Å². The van der Waals surface area contributed by atoms with Crippen LogP contribution < -0.4 is 5.73 Å². The number of rotatable bonds is 2. The fraction of sp³-hybridized carbons (Fsp3) is 0.571. The Kier molecular flexibility index (Phi) is 5.05. The van der Waals surface area contributed by atoms with Crippen molar-refractivity contribution in [2.75, 3.05) is 13.1 Å². The lowest BCUT2D eigenvalue weighted by molar-refractivity contribution is 0.427. The van der Waals surface area contributed by atoms with Crippen LogP contribution in [0, 0.1) is 18.8 Å². The number of hydrogen-bond donors (Lipinski definition) is 1. The zero-order chi connectivity index (χ0) is 14.5. The van der Waals surface area contributed by atoms with E-state index in [9.17, 15) is 8.42 Å². The second-order valence-corrected chi connectivity index (χ2v) is 8.81.